The zero-order valence-electron chi connectivity index (χ0n) is 9.26. The van der Waals surface area contributed by atoms with E-state index in [0.29, 0.717) is 18.7 Å². The smallest absolute Gasteiger partial charge is 0.255 e. The first-order valence-electron chi connectivity index (χ1n) is 5.55. The lowest BCUT2D eigenvalue weighted by Crippen LogP contribution is -2.36. The van der Waals surface area contributed by atoms with Gasteiger partial charge in [-0.2, -0.15) is 0 Å². The average molecular weight is 228 g/mol. The van der Waals surface area contributed by atoms with Gasteiger partial charge in [0.1, 0.15) is 0 Å². The minimum Gasteiger partial charge on any atom is -0.347 e. The van der Waals surface area contributed by atoms with E-state index in [1.807, 2.05) is 4.90 Å². The minimum absolute atomic E-state index is 0.0263. The first-order chi connectivity index (χ1) is 8.34. The van der Waals surface area contributed by atoms with Crippen LogP contribution in [0.4, 0.5) is 0 Å². The van der Waals surface area contributed by atoms with Crippen LogP contribution in [-0.2, 0) is 13.0 Å². The summed E-state index contributed by atoms with van der Waals surface area (Å²) in [4.78, 5) is 25.3. The molecule has 2 aromatic heterocycles. The molecule has 0 radical (unpaired) electrons. The van der Waals surface area contributed by atoms with Crippen LogP contribution in [0.3, 0.4) is 0 Å². The van der Waals surface area contributed by atoms with Crippen LogP contribution in [0.2, 0.25) is 0 Å². The molecular weight excluding hydrogens is 216 g/mol. The fraction of sp³-hybridized carbons (Fsp3) is 0.250. The summed E-state index contributed by atoms with van der Waals surface area (Å²) in [6, 6.07) is 3.57. The van der Waals surface area contributed by atoms with Crippen LogP contribution >= 0.6 is 0 Å². The number of amides is 1. The van der Waals surface area contributed by atoms with E-state index in [0.717, 1.165) is 17.8 Å². The molecule has 0 unspecified atom stereocenters. The number of rotatable bonds is 1. The van der Waals surface area contributed by atoms with Gasteiger partial charge in [0.25, 0.3) is 5.91 Å². The minimum atomic E-state index is 0.0263. The standard InChI is InChI=1S/C12H12N4O/c17-12(9-2-1-4-13-6-9)16-5-3-10-11(7-16)15-8-14-10/h1-2,4,6,8H,3,5,7H2,(H,14,15). The molecule has 0 saturated heterocycles. The third-order valence-corrected chi connectivity index (χ3v) is 2.97. The first-order valence-corrected chi connectivity index (χ1v) is 5.55. The van der Waals surface area contributed by atoms with E-state index < -0.39 is 0 Å². The van der Waals surface area contributed by atoms with Gasteiger partial charge in [0.15, 0.2) is 0 Å². The predicted molar refractivity (Wildman–Crippen MR) is 61.3 cm³/mol. The summed E-state index contributed by atoms with van der Waals surface area (Å²) in [6.07, 6.45) is 5.76. The molecule has 86 valence electrons. The van der Waals surface area contributed by atoms with Crippen LogP contribution in [0.1, 0.15) is 21.7 Å². The van der Waals surface area contributed by atoms with Crippen molar-refractivity contribution in [3.05, 3.63) is 47.8 Å². The van der Waals surface area contributed by atoms with Crippen molar-refractivity contribution in [1.82, 2.24) is 19.9 Å². The van der Waals surface area contributed by atoms with Crippen molar-refractivity contribution >= 4 is 5.91 Å². The number of aromatic amines is 1. The summed E-state index contributed by atoms with van der Waals surface area (Å²) >= 11 is 0. The van der Waals surface area contributed by atoms with Gasteiger partial charge in [-0.15, -0.1) is 0 Å². The molecular formula is C12H12N4O. The lowest BCUT2D eigenvalue weighted by molar-refractivity contribution is 0.0731. The van der Waals surface area contributed by atoms with Gasteiger partial charge in [0.2, 0.25) is 0 Å². The second-order valence-electron chi connectivity index (χ2n) is 4.05. The lowest BCUT2D eigenvalue weighted by atomic mass is 10.1. The van der Waals surface area contributed by atoms with Gasteiger partial charge in [-0.3, -0.25) is 9.78 Å². The fourth-order valence-electron chi connectivity index (χ4n) is 2.06. The van der Waals surface area contributed by atoms with Crippen LogP contribution in [0.5, 0.6) is 0 Å². The van der Waals surface area contributed by atoms with Crippen molar-refractivity contribution in [3.8, 4) is 0 Å². The molecule has 0 atom stereocenters. The summed E-state index contributed by atoms with van der Waals surface area (Å²) in [5.74, 6) is 0.0263. The summed E-state index contributed by atoms with van der Waals surface area (Å²) in [7, 11) is 0. The Morgan fingerprint density at radius 3 is 3.24 bits per heavy atom. The molecule has 0 fully saturated rings. The van der Waals surface area contributed by atoms with Crippen LogP contribution in [0.15, 0.2) is 30.9 Å². The average Bonchev–Trinajstić information content (AvgIpc) is 2.86. The van der Waals surface area contributed by atoms with Gasteiger partial charge in [0.05, 0.1) is 29.8 Å². The number of carbonyl (C=O) groups excluding carboxylic acids is 1. The highest BCUT2D eigenvalue weighted by Gasteiger charge is 2.23. The van der Waals surface area contributed by atoms with Crippen molar-refractivity contribution in [1.29, 1.82) is 0 Å². The molecule has 1 aliphatic rings. The van der Waals surface area contributed by atoms with Gasteiger partial charge < -0.3 is 9.88 Å². The van der Waals surface area contributed by atoms with Crippen molar-refractivity contribution in [2.75, 3.05) is 6.54 Å². The predicted octanol–water partition coefficient (Wildman–Crippen LogP) is 1.00. The molecule has 5 nitrogen and oxygen atoms in total. The Kier molecular flexibility index (Phi) is 2.36. The molecule has 0 aliphatic carbocycles. The number of fused-ring (bicyclic) bond motifs is 1. The van der Waals surface area contributed by atoms with Crippen molar-refractivity contribution in [3.63, 3.8) is 0 Å². The van der Waals surface area contributed by atoms with E-state index in [1.54, 1.807) is 30.9 Å². The van der Waals surface area contributed by atoms with Crippen LogP contribution in [0.25, 0.3) is 0 Å². The normalized spacial score (nSPS) is 14.5. The summed E-state index contributed by atoms with van der Waals surface area (Å²) in [5, 5.41) is 0. The second kappa shape index (κ2) is 4.01. The van der Waals surface area contributed by atoms with Gasteiger partial charge in [-0.05, 0) is 12.1 Å². The largest absolute Gasteiger partial charge is 0.347 e. The Hall–Kier alpha value is -2.17. The van der Waals surface area contributed by atoms with Crippen molar-refractivity contribution in [2.24, 2.45) is 0 Å². The lowest BCUT2D eigenvalue weighted by Gasteiger charge is -2.26. The molecule has 2 aromatic rings. The number of nitrogens with one attached hydrogen (secondary N) is 1. The summed E-state index contributed by atoms with van der Waals surface area (Å²) in [5.41, 5.74) is 2.74. The number of aromatic nitrogens is 3. The highest BCUT2D eigenvalue weighted by molar-refractivity contribution is 5.93. The molecule has 0 aromatic carbocycles. The quantitative estimate of drug-likeness (QED) is 0.792. The molecule has 5 heteroatoms. The van der Waals surface area contributed by atoms with E-state index >= 15 is 0 Å². The zero-order valence-corrected chi connectivity index (χ0v) is 9.26. The molecule has 0 spiro atoms. The number of carbonyl (C=O) groups is 1. The number of H-pyrrole nitrogens is 1. The Balaban J connectivity index is 1.81. The number of pyridine rings is 1. The summed E-state index contributed by atoms with van der Waals surface area (Å²) < 4.78 is 0. The topological polar surface area (TPSA) is 61.9 Å². The van der Waals surface area contributed by atoms with Crippen molar-refractivity contribution in [2.45, 2.75) is 13.0 Å². The summed E-state index contributed by atoms with van der Waals surface area (Å²) in [6.45, 7) is 1.31. The second-order valence-corrected chi connectivity index (χ2v) is 4.05. The van der Waals surface area contributed by atoms with E-state index in [2.05, 4.69) is 15.0 Å². The van der Waals surface area contributed by atoms with Crippen molar-refractivity contribution < 1.29 is 4.79 Å². The number of nitrogens with zero attached hydrogens (tertiary/aromatic N) is 3. The Labute approximate surface area is 98.5 Å². The Morgan fingerprint density at radius 1 is 1.47 bits per heavy atom. The van der Waals surface area contributed by atoms with Crippen LogP contribution < -0.4 is 0 Å². The van der Waals surface area contributed by atoms with Crippen LogP contribution in [0, 0.1) is 0 Å². The molecule has 1 amide bonds. The van der Waals surface area contributed by atoms with Crippen LogP contribution in [-0.4, -0.2) is 32.3 Å². The SMILES string of the molecule is O=C(c1cccnc1)N1CCc2nc[nH]c2C1. The Morgan fingerprint density at radius 2 is 2.41 bits per heavy atom. The molecule has 1 N–H and O–H groups in total. The molecule has 0 saturated carbocycles. The molecule has 3 heterocycles. The van der Waals surface area contributed by atoms with Gasteiger partial charge in [-0.25, -0.2) is 4.98 Å². The third-order valence-electron chi connectivity index (χ3n) is 2.97. The number of imidazole rings is 1. The number of hydrogen-bond acceptors (Lipinski definition) is 3. The monoisotopic (exact) mass is 228 g/mol. The fourth-order valence-corrected chi connectivity index (χ4v) is 2.06. The van der Waals surface area contributed by atoms with E-state index in [1.165, 1.54) is 0 Å². The number of hydrogen-bond donors (Lipinski definition) is 1. The third kappa shape index (κ3) is 1.80. The highest BCUT2D eigenvalue weighted by Crippen LogP contribution is 2.16. The maximum atomic E-state index is 12.2. The molecule has 17 heavy (non-hydrogen) atoms. The van der Waals surface area contributed by atoms with Gasteiger partial charge in [-0.1, -0.05) is 0 Å². The first kappa shape index (κ1) is 10.0. The van der Waals surface area contributed by atoms with E-state index in [-0.39, 0.29) is 5.91 Å². The van der Waals surface area contributed by atoms with Gasteiger partial charge in [0, 0.05) is 25.4 Å². The van der Waals surface area contributed by atoms with E-state index in [4.69, 9.17) is 0 Å². The zero-order chi connectivity index (χ0) is 11.7. The highest BCUT2D eigenvalue weighted by atomic mass is 16.2. The maximum absolute atomic E-state index is 12.2. The molecule has 1 aliphatic heterocycles. The van der Waals surface area contributed by atoms with Gasteiger partial charge >= 0.3 is 0 Å². The molecule has 0 bridgehead atoms. The van der Waals surface area contributed by atoms with E-state index in [9.17, 15) is 4.79 Å². The Bertz CT molecular complexity index is 534. The maximum Gasteiger partial charge on any atom is 0.255 e. The molecule has 3 rings (SSSR count).